The number of nitrogens with one attached hydrogen (secondary N) is 1. The number of anilines is 1. The molecule has 2 aromatic carbocycles. The molecule has 0 aliphatic rings. The highest BCUT2D eigenvalue weighted by Gasteiger charge is 2.15. The smallest absolute Gasteiger partial charge is 0.339 e. The van der Waals surface area contributed by atoms with Crippen LogP contribution in [-0.4, -0.2) is 28.3 Å². The molecule has 0 fully saturated rings. The number of halogens is 2. The molecule has 3 aromatic rings. The third-order valence-corrected chi connectivity index (χ3v) is 5.28. The number of aromatic nitrogens is 2. The summed E-state index contributed by atoms with van der Waals surface area (Å²) in [5.41, 5.74) is 1.73. The van der Waals surface area contributed by atoms with Gasteiger partial charge in [-0.25, -0.2) is 9.48 Å². The molecule has 0 unspecified atom stereocenters. The van der Waals surface area contributed by atoms with E-state index in [1.54, 1.807) is 47.1 Å². The minimum atomic E-state index is -0.421. The molecular formula is C20H17Br2N3O3. The van der Waals surface area contributed by atoms with Crippen molar-refractivity contribution in [2.45, 2.75) is 13.5 Å². The summed E-state index contributed by atoms with van der Waals surface area (Å²) in [5, 5.41) is 7.21. The van der Waals surface area contributed by atoms with Gasteiger partial charge in [-0.2, -0.15) is 5.10 Å². The zero-order valence-corrected chi connectivity index (χ0v) is 18.2. The van der Waals surface area contributed by atoms with Gasteiger partial charge in [0.2, 0.25) is 0 Å². The van der Waals surface area contributed by atoms with Crippen LogP contribution in [0.1, 0.15) is 26.4 Å². The van der Waals surface area contributed by atoms with Crippen molar-refractivity contribution in [2.75, 3.05) is 11.9 Å². The van der Waals surface area contributed by atoms with Gasteiger partial charge in [-0.1, -0.05) is 24.3 Å². The number of rotatable bonds is 6. The summed E-state index contributed by atoms with van der Waals surface area (Å²) >= 11 is 6.71. The second kappa shape index (κ2) is 9.16. The van der Waals surface area contributed by atoms with E-state index in [0.717, 1.165) is 5.69 Å². The van der Waals surface area contributed by atoms with Crippen molar-refractivity contribution in [3.63, 3.8) is 0 Å². The second-order valence-corrected chi connectivity index (χ2v) is 7.65. The molecule has 0 aliphatic heterocycles. The first kappa shape index (κ1) is 20.3. The molecule has 144 valence electrons. The fraction of sp³-hybridized carbons (Fsp3) is 0.150. The maximum atomic E-state index is 12.5. The molecule has 0 saturated carbocycles. The van der Waals surface area contributed by atoms with Gasteiger partial charge in [0.05, 0.1) is 23.4 Å². The van der Waals surface area contributed by atoms with Crippen molar-refractivity contribution in [1.29, 1.82) is 0 Å². The number of ether oxygens (including phenoxy) is 1. The molecule has 3 rings (SSSR count). The zero-order valence-electron chi connectivity index (χ0n) is 15.0. The summed E-state index contributed by atoms with van der Waals surface area (Å²) in [7, 11) is 0. The molecule has 1 heterocycles. The van der Waals surface area contributed by atoms with Crippen LogP contribution in [0.4, 0.5) is 5.82 Å². The molecule has 0 saturated heterocycles. The predicted molar refractivity (Wildman–Crippen MR) is 113 cm³/mol. The second-order valence-electron chi connectivity index (χ2n) is 5.94. The molecule has 0 aliphatic carbocycles. The summed E-state index contributed by atoms with van der Waals surface area (Å²) in [5.74, 6) is -0.135. The van der Waals surface area contributed by atoms with Crippen molar-refractivity contribution < 1.29 is 14.3 Å². The van der Waals surface area contributed by atoms with E-state index in [-0.39, 0.29) is 12.5 Å². The van der Waals surface area contributed by atoms with E-state index >= 15 is 0 Å². The van der Waals surface area contributed by atoms with E-state index in [1.807, 2.05) is 19.1 Å². The normalized spacial score (nSPS) is 10.5. The Bertz CT molecular complexity index is 1020. The van der Waals surface area contributed by atoms with Gasteiger partial charge in [-0.05, 0) is 63.0 Å². The molecule has 1 aromatic heterocycles. The topological polar surface area (TPSA) is 73.2 Å². The Kier molecular flexibility index (Phi) is 6.64. The first-order valence-electron chi connectivity index (χ1n) is 8.47. The molecular weight excluding hydrogens is 490 g/mol. The third kappa shape index (κ3) is 4.88. The molecule has 0 atom stereocenters. The summed E-state index contributed by atoms with van der Waals surface area (Å²) in [6.45, 7) is 2.27. The SMILES string of the molecule is Cc1cc(NC(=O)c2ccccc2Br)n(CCOC(=O)c2ccccc2Br)n1. The molecule has 1 amide bonds. The van der Waals surface area contributed by atoms with Crippen molar-refractivity contribution in [1.82, 2.24) is 9.78 Å². The maximum absolute atomic E-state index is 12.5. The summed E-state index contributed by atoms with van der Waals surface area (Å²) in [6, 6.07) is 16.0. The minimum Gasteiger partial charge on any atom is -0.460 e. The number of esters is 1. The molecule has 6 nitrogen and oxygen atoms in total. The quantitative estimate of drug-likeness (QED) is 0.486. The van der Waals surface area contributed by atoms with Crippen molar-refractivity contribution in [3.05, 3.63) is 80.4 Å². The van der Waals surface area contributed by atoms with Crippen LogP contribution in [0.25, 0.3) is 0 Å². The van der Waals surface area contributed by atoms with E-state index in [9.17, 15) is 9.59 Å². The number of carbonyl (C=O) groups excluding carboxylic acids is 2. The molecule has 28 heavy (non-hydrogen) atoms. The van der Waals surface area contributed by atoms with Crippen LogP contribution >= 0.6 is 31.9 Å². The van der Waals surface area contributed by atoms with Gasteiger partial charge in [0.1, 0.15) is 12.4 Å². The number of aryl methyl sites for hydroxylation is 1. The first-order chi connectivity index (χ1) is 13.5. The lowest BCUT2D eigenvalue weighted by Gasteiger charge is -2.11. The van der Waals surface area contributed by atoms with Gasteiger partial charge in [-0.15, -0.1) is 0 Å². The summed E-state index contributed by atoms with van der Waals surface area (Å²) < 4.78 is 8.33. The number of carbonyl (C=O) groups is 2. The average Bonchev–Trinajstić information content (AvgIpc) is 3.01. The van der Waals surface area contributed by atoms with Crippen molar-refractivity contribution in [2.24, 2.45) is 0 Å². The van der Waals surface area contributed by atoms with Gasteiger partial charge in [0.15, 0.2) is 0 Å². The number of benzene rings is 2. The Balaban J connectivity index is 1.64. The largest absolute Gasteiger partial charge is 0.460 e. The van der Waals surface area contributed by atoms with Crippen LogP contribution in [0.15, 0.2) is 63.5 Å². The van der Waals surface area contributed by atoms with Crippen LogP contribution in [0.2, 0.25) is 0 Å². The number of amides is 1. The Morgan fingerprint density at radius 3 is 2.29 bits per heavy atom. The van der Waals surface area contributed by atoms with Crippen LogP contribution in [0, 0.1) is 6.92 Å². The van der Waals surface area contributed by atoms with Gasteiger partial charge in [-0.3, -0.25) is 4.79 Å². The minimum absolute atomic E-state index is 0.124. The highest BCUT2D eigenvalue weighted by atomic mass is 79.9. The maximum Gasteiger partial charge on any atom is 0.339 e. The van der Waals surface area contributed by atoms with E-state index in [4.69, 9.17) is 4.74 Å². The fourth-order valence-corrected chi connectivity index (χ4v) is 3.49. The zero-order chi connectivity index (χ0) is 20.1. The van der Waals surface area contributed by atoms with Crippen molar-refractivity contribution >= 4 is 49.6 Å². The predicted octanol–water partition coefficient (Wildman–Crippen LogP) is 4.83. The lowest BCUT2D eigenvalue weighted by Crippen LogP contribution is -2.18. The van der Waals surface area contributed by atoms with E-state index in [1.165, 1.54) is 0 Å². The molecule has 0 bridgehead atoms. The lowest BCUT2D eigenvalue weighted by molar-refractivity contribution is 0.0486. The van der Waals surface area contributed by atoms with Crippen LogP contribution in [0.3, 0.4) is 0 Å². The number of hydrogen-bond acceptors (Lipinski definition) is 4. The third-order valence-electron chi connectivity index (χ3n) is 3.89. The highest BCUT2D eigenvalue weighted by Crippen LogP contribution is 2.19. The van der Waals surface area contributed by atoms with Gasteiger partial charge in [0.25, 0.3) is 5.91 Å². The van der Waals surface area contributed by atoms with E-state index in [0.29, 0.717) is 32.4 Å². The lowest BCUT2D eigenvalue weighted by atomic mass is 10.2. The summed E-state index contributed by atoms with van der Waals surface area (Å²) in [6.07, 6.45) is 0. The summed E-state index contributed by atoms with van der Waals surface area (Å²) in [4.78, 5) is 24.7. The van der Waals surface area contributed by atoms with Gasteiger partial charge >= 0.3 is 5.97 Å². The van der Waals surface area contributed by atoms with Gasteiger partial charge < -0.3 is 10.1 Å². The molecule has 0 radical (unpaired) electrons. The highest BCUT2D eigenvalue weighted by molar-refractivity contribution is 9.10. The Morgan fingerprint density at radius 1 is 1.04 bits per heavy atom. The van der Waals surface area contributed by atoms with Crippen LogP contribution < -0.4 is 5.32 Å². The monoisotopic (exact) mass is 505 g/mol. The first-order valence-corrected chi connectivity index (χ1v) is 10.1. The average molecular weight is 507 g/mol. The molecule has 1 N–H and O–H groups in total. The van der Waals surface area contributed by atoms with E-state index < -0.39 is 5.97 Å². The van der Waals surface area contributed by atoms with Crippen LogP contribution in [-0.2, 0) is 11.3 Å². The molecule has 0 spiro atoms. The molecule has 8 heteroatoms. The van der Waals surface area contributed by atoms with Crippen molar-refractivity contribution in [3.8, 4) is 0 Å². The van der Waals surface area contributed by atoms with E-state index in [2.05, 4.69) is 42.3 Å². The fourth-order valence-electron chi connectivity index (χ4n) is 2.57. The Morgan fingerprint density at radius 2 is 1.64 bits per heavy atom. The van der Waals surface area contributed by atoms with Gasteiger partial charge in [0, 0.05) is 15.0 Å². The number of hydrogen-bond donors (Lipinski definition) is 1. The van der Waals surface area contributed by atoms with Crippen LogP contribution in [0.5, 0.6) is 0 Å². The number of nitrogens with zero attached hydrogens (tertiary/aromatic N) is 2. The Labute approximate surface area is 179 Å². The Hall–Kier alpha value is -2.45. The standard InChI is InChI=1S/C20H17Br2N3O3/c1-13-12-18(23-19(26)14-6-2-4-8-16(14)21)25(24-13)10-11-28-20(27)15-7-3-5-9-17(15)22/h2-9,12H,10-11H2,1H3,(H,23,26).